The Morgan fingerprint density at radius 2 is 1.90 bits per heavy atom. The van der Waals surface area contributed by atoms with Gasteiger partial charge in [-0.05, 0) is 44.2 Å². The number of benzene rings is 2. The number of halogens is 1. The molecule has 1 N–H and O–H groups in total. The third-order valence-corrected chi connectivity index (χ3v) is 4.85. The molecule has 0 aliphatic heterocycles. The molecule has 0 unspecified atom stereocenters. The molecule has 2 aromatic heterocycles. The zero-order chi connectivity index (χ0) is 20.7. The van der Waals surface area contributed by atoms with E-state index in [2.05, 4.69) is 5.32 Å². The molecule has 0 bridgehead atoms. The highest BCUT2D eigenvalue weighted by molar-refractivity contribution is 6.30. The van der Waals surface area contributed by atoms with E-state index in [0.717, 1.165) is 4.57 Å². The van der Waals surface area contributed by atoms with Crippen LogP contribution in [0, 0.1) is 0 Å². The average molecular weight is 412 g/mol. The van der Waals surface area contributed by atoms with Crippen LogP contribution in [-0.4, -0.2) is 15.0 Å². The number of amides is 1. The number of nitrogens with one attached hydrogen (secondary N) is 1. The number of anilines is 1. The third kappa shape index (κ3) is 3.34. The number of carbonyl (C=O) groups excluding carboxylic acids is 1. The highest BCUT2D eigenvalue weighted by Crippen LogP contribution is 2.26. The summed E-state index contributed by atoms with van der Waals surface area (Å²) in [6.07, 6.45) is 0. The summed E-state index contributed by atoms with van der Waals surface area (Å²) < 4.78 is 8.12. The van der Waals surface area contributed by atoms with Crippen LogP contribution in [0.15, 0.2) is 62.5 Å². The lowest BCUT2D eigenvalue weighted by Gasteiger charge is -2.14. The molecule has 4 aromatic rings. The van der Waals surface area contributed by atoms with Crippen LogP contribution in [0.2, 0.25) is 5.02 Å². The van der Waals surface area contributed by atoms with E-state index < -0.39 is 23.2 Å². The molecule has 148 valence electrons. The fourth-order valence-electron chi connectivity index (χ4n) is 3.38. The van der Waals surface area contributed by atoms with Crippen molar-refractivity contribution in [2.24, 2.45) is 0 Å². The molecule has 1 amide bonds. The maximum atomic E-state index is 13.1. The third-order valence-electron chi connectivity index (χ3n) is 4.62. The summed E-state index contributed by atoms with van der Waals surface area (Å²) in [4.78, 5) is 38.7. The molecule has 8 heteroatoms. The van der Waals surface area contributed by atoms with E-state index in [-0.39, 0.29) is 12.1 Å². The summed E-state index contributed by atoms with van der Waals surface area (Å²) in [5.74, 6) is -0.421. The molecule has 0 saturated heterocycles. The van der Waals surface area contributed by atoms with Crippen LogP contribution in [0.25, 0.3) is 22.1 Å². The number of para-hydroxylation sites is 1. The second-order valence-corrected chi connectivity index (χ2v) is 7.41. The van der Waals surface area contributed by atoms with E-state index in [1.807, 2.05) is 0 Å². The number of hydrogen-bond donors (Lipinski definition) is 1. The Morgan fingerprint density at radius 3 is 2.62 bits per heavy atom. The number of rotatable bonds is 4. The fourth-order valence-corrected chi connectivity index (χ4v) is 3.57. The van der Waals surface area contributed by atoms with E-state index in [9.17, 15) is 14.4 Å². The molecule has 0 aliphatic carbocycles. The molecule has 0 radical (unpaired) electrons. The zero-order valence-corrected chi connectivity index (χ0v) is 16.6. The summed E-state index contributed by atoms with van der Waals surface area (Å²) in [7, 11) is 0. The van der Waals surface area contributed by atoms with Crippen LogP contribution in [0.5, 0.6) is 0 Å². The predicted octanol–water partition coefficient (Wildman–Crippen LogP) is 3.78. The van der Waals surface area contributed by atoms with Gasteiger partial charge in [0.1, 0.15) is 17.6 Å². The maximum Gasteiger partial charge on any atom is 0.332 e. The van der Waals surface area contributed by atoms with Gasteiger partial charge in [-0.15, -0.1) is 0 Å². The van der Waals surface area contributed by atoms with Gasteiger partial charge in [0.05, 0.1) is 0 Å². The van der Waals surface area contributed by atoms with E-state index in [1.54, 1.807) is 62.4 Å². The average Bonchev–Trinajstić information content (AvgIpc) is 3.05. The highest BCUT2D eigenvalue weighted by atomic mass is 35.5. The molecule has 0 aliphatic rings. The van der Waals surface area contributed by atoms with Gasteiger partial charge in [-0.25, -0.2) is 4.79 Å². The van der Waals surface area contributed by atoms with Crippen molar-refractivity contribution in [3.63, 3.8) is 0 Å². The minimum atomic E-state index is -0.565. The molecule has 4 rings (SSSR count). The van der Waals surface area contributed by atoms with Crippen molar-refractivity contribution in [1.82, 2.24) is 9.13 Å². The van der Waals surface area contributed by atoms with Gasteiger partial charge in [0, 0.05) is 22.1 Å². The van der Waals surface area contributed by atoms with Gasteiger partial charge in [0.2, 0.25) is 11.5 Å². The lowest BCUT2D eigenvalue weighted by atomic mass is 10.2. The van der Waals surface area contributed by atoms with Crippen LogP contribution in [0.3, 0.4) is 0 Å². The van der Waals surface area contributed by atoms with Crippen molar-refractivity contribution in [3.8, 4) is 0 Å². The fraction of sp³-hybridized carbons (Fsp3) is 0.190. The van der Waals surface area contributed by atoms with Crippen molar-refractivity contribution in [2.75, 3.05) is 5.32 Å². The molecule has 7 nitrogen and oxygen atoms in total. The number of furan rings is 1. The first kappa shape index (κ1) is 19.0. The quantitative estimate of drug-likeness (QED) is 0.553. The Labute approximate surface area is 170 Å². The SMILES string of the molecule is CC(C)n1c(=O)c2oc3ccccc3c2n(CC(=O)Nc2cccc(Cl)c2)c1=O. The van der Waals surface area contributed by atoms with E-state index in [0.29, 0.717) is 27.2 Å². The molecule has 2 heterocycles. The maximum absolute atomic E-state index is 13.1. The van der Waals surface area contributed by atoms with Crippen LogP contribution in [0.4, 0.5) is 5.69 Å². The monoisotopic (exact) mass is 411 g/mol. The second kappa shape index (κ2) is 7.25. The van der Waals surface area contributed by atoms with Crippen LogP contribution in [0.1, 0.15) is 19.9 Å². The second-order valence-electron chi connectivity index (χ2n) is 6.97. The molecule has 29 heavy (non-hydrogen) atoms. The Bertz CT molecular complexity index is 1360. The van der Waals surface area contributed by atoms with Crippen molar-refractivity contribution in [1.29, 1.82) is 0 Å². The largest absolute Gasteiger partial charge is 0.449 e. The molecular weight excluding hydrogens is 394 g/mol. The first-order chi connectivity index (χ1) is 13.9. The molecular formula is C21H18ClN3O4. The smallest absolute Gasteiger partial charge is 0.332 e. The van der Waals surface area contributed by atoms with Gasteiger partial charge in [-0.1, -0.05) is 29.8 Å². The minimum Gasteiger partial charge on any atom is -0.449 e. The number of carbonyl (C=O) groups is 1. The van der Waals surface area contributed by atoms with Crippen LogP contribution >= 0.6 is 11.6 Å². The Morgan fingerprint density at radius 1 is 1.14 bits per heavy atom. The van der Waals surface area contributed by atoms with Gasteiger partial charge in [-0.2, -0.15) is 0 Å². The van der Waals surface area contributed by atoms with E-state index >= 15 is 0 Å². The molecule has 0 atom stereocenters. The van der Waals surface area contributed by atoms with Gasteiger partial charge < -0.3 is 9.73 Å². The van der Waals surface area contributed by atoms with Crippen molar-refractivity contribution in [3.05, 3.63) is 74.4 Å². The number of aromatic nitrogens is 2. The highest BCUT2D eigenvalue weighted by Gasteiger charge is 2.22. The topological polar surface area (TPSA) is 86.2 Å². The molecule has 2 aromatic carbocycles. The van der Waals surface area contributed by atoms with Gasteiger partial charge >= 0.3 is 5.69 Å². The normalized spacial score (nSPS) is 11.4. The van der Waals surface area contributed by atoms with Crippen LogP contribution < -0.4 is 16.6 Å². The molecule has 0 fully saturated rings. The first-order valence-corrected chi connectivity index (χ1v) is 9.46. The summed E-state index contributed by atoms with van der Waals surface area (Å²) in [6.45, 7) is 3.18. The van der Waals surface area contributed by atoms with Crippen molar-refractivity contribution < 1.29 is 9.21 Å². The first-order valence-electron chi connectivity index (χ1n) is 9.09. The van der Waals surface area contributed by atoms with E-state index in [1.165, 1.54) is 4.57 Å². The van der Waals surface area contributed by atoms with Crippen molar-refractivity contribution >= 4 is 45.3 Å². The predicted molar refractivity (Wildman–Crippen MR) is 113 cm³/mol. The Balaban J connectivity index is 1.89. The summed E-state index contributed by atoms with van der Waals surface area (Å²) in [5, 5.41) is 3.81. The van der Waals surface area contributed by atoms with Crippen molar-refractivity contribution in [2.45, 2.75) is 26.4 Å². The zero-order valence-electron chi connectivity index (χ0n) is 15.8. The van der Waals surface area contributed by atoms with Gasteiger partial charge in [0.15, 0.2) is 0 Å². The Hall–Kier alpha value is -3.32. The standard InChI is InChI=1S/C21H18ClN3O4/c1-12(2)25-20(27)19-18(15-8-3-4-9-16(15)29-19)24(21(25)28)11-17(26)23-14-7-5-6-13(22)10-14/h3-10,12H,11H2,1-2H3,(H,23,26). The van der Waals surface area contributed by atoms with E-state index in [4.69, 9.17) is 16.0 Å². The lowest BCUT2D eigenvalue weighted by Crippen LogP contribution is -2.42. The van der Waals surface area contributed by atoms with Crippen LogP contribution in [-0.2, 0) is 11.3 Å². The Kier molecular flexibility index (Phi) is 4.76. The van der Waals surface area contributed by atoms with Gasteiger partial charge in [-0.3, -0.25) is 18.7 Å². The summed E-state index contributed by atoms with van der Waals surface area (Å²) in [6, 6.07) is 13.4. The lowest BCUT2D eigenvalue weighted by molar-refractivity contribution is -0.116. The molecule has 0 spiro atoms. The molecule has 0 saturated carbocycles. The number of hydrogen-bond acceptors (Lipinski definition) is 4. The summed E-state index contributed by atoms with van der Waals surface area (Å²) in [5.41, 5.74) is 0.280. The summed E-state index contributed by atoms with van der Waals surface area (Å²) >= 11 is 5.96. The van der Waals surface area contributed by atoms with Gasteiger partial charge in [0.25, 0.3) is 5.56 Å². The number of nitrogens with zero attached hydrogens (tertiary/aromatic N) is 2. The minimum absolute atomic E-state index is 0.0510. The number of fused-ring (bicyclic) bond motifs is 3.